The monoisotopic (exact) mass is 300 g/mol. The molecule has 0 heterocycles. The number of halogens is 1. The minimum absolute atomic E-state index is 0.647. The van der Waals surface area contributed by atoms with Gasteiger partial charge in [0.1, 0.15) is 0 Å². The van der Waals surface area contributed by atoms with Gasteiger partial charge in [-0.2, -0.15) is 5.26 Å². The van der Waals surface area contributed by atoms with E-state index in [1.54, 1.807) is 6.07 Å². The van der Waals surface area contributed by atoms with E-state index >= 15 is 0 Å². The molecular formula is C15H13BrN2. The van der Waals surface area contributed by atoms with E-state index in [4.69, 9.17) is 5.26 Å². The van der Waals surface area contributed by atoms with Crippen molar-refractivity contribution in [3.63, 3.8) is 0 Å². The predicted octanol–water partition coefficient (Wildman–Crippen LogP) is 4.63. The molecule has 0 saturated heterocycles. The highest BCUT2D eigenvalue weighted by molar-refractivity contribution is 9.10. The smallest absolute Gasteiger partial charge is 0.0992 e. The molecule has 2 aromatic carbocycles. The summed E-state index contributed by atoms with van der Waals surface area (Å²) in [6.45, 7) is 2.14. The predicted molar refractivity (Wildman–Crippen MR) is 78.0 cm³/mol. The minimum atomic E-state index is 0.647. The van der Waals surface area contributed by atoms with Crippen molar-refractivity contribution in [3.8, 4) is 6.07 Å². The molecule has 2 nitrogen and oxygen atoms in total. The Labute approximate surface area is 115 Å². The standard InChI is InChI=1S/C15H13BrN2/c1-2-11-3-6-13(7-4-11)18-15-8-5-12(10-17)9-14(15)16/h3-9,18H,2H2,1H3. The van der Waals surface area contributed by atoms with Gasteiger partial charge in [0.2, 0.25) is 0 Å². The van der Waals surface area contributed by atoms with E-state index in [-0.39, 0.29) is 0 Å². The third kappa shape index (κ3) is 2.91. The molecule has 0 unspecified atom stereocenters. The normalized spacial score (nSPS) is 9.83. The number of hydrogen-bond donors (Lipinski definition) is 1. The molecule has 1 N–H and O–H groups in total. The van der Waals surface area contributed by atoms with Crippen molar-refractivity contribution in [1.29, 1.82) is 5.26 Å². The molecule has 0 aromatic heterocycles. The van der Waals surface area contributed by atoms with Crippen molar-refractivity contribution in [2.24, 2.45) is 0 Å². The number of anilines is 2. The second kappa shape index (κ2) is 5.70. The van der Waals surface area contributed by atoms with Gasteiger partial charge in [0.25, 0.3) is 0 Å². The summed E-state index contributed by atoms with van der Waals surface area (Å²) in [5.74, 6) is 0. The molecule has 2 aromatic rings. The van der Waals surface area contributed by atoms with E-state index < -0.39 is 0 Å². The summed E-state index contributed by atoms with van der Waals surface area (Å²) < 4.78 is 0.890. The van der Waals surface area contributed by atoms with Gasteiger partial charge in [0.05, 0.1) is 17.3 Å². The fraction of sp³-hybridized carbons (Fsp3) is 0.133. The zero-order valence-corrected chi connectivity index (χ0v) is 11.7. The Morgan fingerprint density at radius 1 is 1.17 bits per heavy atom. The molecule has 0 atom stereocenters. The average Bonchev–Trinajstić information content (AvgIpc) is 2.42. The molecule has 0 aliphatic carbocycles. The number of nitrogens with one attached hydrogen (secondary N) is 1. The van der Waals surface area contributed by atoms with Gasteiger partial charge in [0, 0.05) is 10.2 Å². The van der Waals surface area contributed by atoms with Gasteiger partial charge in [-0.3, -0.25) is 0 Å². The highest BCUT2D eigenvalue weighted by Gasteiger charge is 2.01. The quantitative estimate of drug-likeness (QED) is 0.897. The van der Waals surface area contributed by atoms with E-state index in [0.717, 1.165) is 22.3 Å². The maximum absolute atomic E-state index is 8.81. The van der Waals surface area contributed by atoms with Crippen molar-refractivity contribution in [2.75, 3.05) is 5.32 Å². The molecule has 0 spiro atoms. The highest BCUT2D eigenvalue weighted by atomic mass is 79.9. The zero-order chi connectivity index (χ0) is 13.0. The first-order valence-corrected chi connectivity index (χ1v) is 6.58. The topological polar surface area (TPSA) is 35.8 Å². The van der Waals surface area contributed by atoms with Crippen LogP contribution in [-0.2, 0) is 6.42 Å². The Morgan fingerprint density at radius 2 is 1.89 bits per heavy atom. The Balaban J connectivity index is 2.20. The number of hydrogen-bond acceptors (Lipinski definition) is 2. The third-order valence-electron chi connectivity index (χ3n) is 2.74. The van der Waals surface area contributed by atoms with E-state index in [1.165, 1.54) is 5.56 Å². The molecule has 0 fully saturated rings. The molecule has 0 aliphatic rings. The fourth-order valence-corrected chi connectivity index (χ4v) is 2.14. The van der Waals surface area contributed by atoms with Gasteiger partial charge in [0.15, 0.2) is 0 Å². The highest BCUT2D eigenvalue weighted by Crippen LogP contribution is 2.26. The fourth-order valence-electron chi connectivity index (χ4n) is 1.67. The average molecular weight is 301 g/mol. The first kappa shape index (κ1) is 12.7. The molecule has 0 saturated carbocycles. The van der Waals surface area contributed by atoms with Gasteiger partial charge in [-0.1, -0.05) is 19.1 Å². The number of nitrogens with zero attached hydrogens (tertiary/aromatic N) is 1. The first-order valence-electron chi connectivity index (χ1n) is 5.78. The van der Waals surface area contributed by atoms with E-state index in [1.807, 2.05) is 12.1 Å². The Morgan fingerprint density at radius 3 is 2.44 bits per heavy atom. The Kier molecular flexibility index (Phi) is 4.01. The lowest BCUT2D eigenvalue weighted by Crippen LogP contribution is -1.92. The second-order valence-corrected chi connectivity index (χ2v) is 4.84. The van der Waals surface area contributed by atoms with Crippen LogP contribution in [0.25, 0.3) is 0 Å². The molecule has 0 aliphatic heterocycles. The van der Waals surface area contributed by atoms with Gasteiger partial charge < -0.3 is 5.32 Å². The Bertz CT molecular complexity index is 582. The SMILES string of the molecule is CCc1ccc(Nc2ccc(C#N)cc2Br)cc1. The van der Waals surface area contributed by atoms with Crippen LogP contribution in [0, 0.1) is 11.3 Å². The minimum Gasteiger partial charge on any atom is -0.355 e. The summed E-state index contributed by atoms with van der Waals surface area (Å²) in [5.41, 5.74) is 3.96. The summed E-state index contributed by atoms with van der Waals surface area (Å²) in [4.78, 5) is 0. The van der Waals surface area contributed by atoms with Crippen molar-refractivity contribution in [1.82, 2.24) is 0 Å². The number of benzene rings is 2. The number of nitriles is 1. The number of aryl methyl sites for hydroxylation is 1. The Hall–Kier alpha value is -1.79. The summed E-state index contributed by atoms with van der Waals surface area (Å²) in [7, 11) is 0. The van der Waals surface area contributed by atoms with Gasteiger partial charge in [-0.05, 0) is 58.2 Å². The van der Waals surface area contributed by atoms with Crippen LogP contribution in [-0.4, -0.2) is 0 Å². The summed E-state index contributed by atoms with van der Waals surface area (Å²) in [6, 6.07) is 16.0. The maximum Gasteiger partial charge on any atom is 0.0992 e. The maximum atomic E-state index is 8.81. The lowest BCUT2D eigenvalue weighted by molar-refractivity contribution is 1.14. The van der Waals surface area contributed by atoms with Crippen LogP contribution < -0.4 is 5.32 Å². The van der Waals surface area contributed by atoms with Crippen LogP contribution >= 0.6 is 15.9 Å². The van der Waals surface area contributed by atoms with E-state index in [9.17, 15) is 0 Å². The van der Waals surface area contributed by atoms with E-state index in [2.05, 4.69) is 58.5 Å². The lowest BCUT2D eigenvalue weighted by atomic mass is 10.1. The van der Waals surface area contributed by atoms with Gasteiger partial charge >= 0.3 is 0 Å². The lowest BCUT2D eigenvalue weighted by Gasteiger charge is -2.09. The molecule has 3 heteroatoms. The summed E-state index contributed by atoms with van der Waals surface area (Å²) in [6.07, 6.45) is 1.04. The second-order valence-electron chi connectivity index (χ2n) is 3.98. The molecule has 18 heavy (non-hydrogen) atoms. The van der Waals surface area contributed by atoms with E-state index in [0.29, 0.717) is 5.56 Å². The van der Waals surface area contributed by atoms with Crippen LogP contribution in [0.1, 0.15) is 18.1 Å². The summed E-state index contributed by atoms with van der Waals surface area (Å²) >= 11 is 3.46. The number of rotatable bonds is 3. The van der Waals surface area contributed by atoms with Crippen LogP contribution in [0.4, 0.5) is 11.4 Å². The van der Waals surface area contributed by atoms with Crippen molar-refractivity contribution >= 4 is 27.3 Å². The molecule has 90 valence electrons. The summed E-state index contributed by atoms with van der Waals surface area (Å²) in [5, 5.41) is 12.1. The van der Waals surface area contributed by atoms with Crippen molar-refractivity contribution < 1.29 is 0 Å². The first-order chi connectivity index (χ1) is 8.72. The molecular weight excluding hydrogens is 288 g/mol. The zero-order valence-electron chi connectivity index (χ0n) is 10.1. The third-order valence-corrected chi connectivity index (χ3v) is 3.40. The van der Waals surface area contributed by atoms with Crippen LogP contribution in [0.3, 0.4) is 0 Å². The molecule has 2 rings (SSSR count). The molecule has 0 amide bonds. The molecule has 0 bridgehead atoms. The van der Waals surface area contributed by atoms with Gasteiger partial charge in [-0.15, -0.1) is 0 Å². The molecule has 0 radical (unpaired) electrons. The van der Waals surface area contributed by atoms with Crippen LogP contribution in [0.5, 0.6) is 0 Å². The van der Waals surface area contributed by atoms with Crippen LogP contribution in [0.2, 0.25) is 0 Å². The van der Waals surface area contributed by atoms with Crippen LogP contribution in [0.15, 0.2) is 46.9 Å². The van der Waals surface area contributed by atoms with Crippen molar-refractivity contribution in [2.45, 2.75) is 13.3 Å². The van der Waals surface area contributed by atoms with Gasteiger partial charge in [-0.25, -0.2) is 0 Å². The largest absolute Gasteiger partial charge is 0.355 e. The van der Waals surface area contributed by atoms with Crippen molar-refractivity contribution in [3.05, 3.63) is 58.1 Å².